The molecule has 0 bridgehead atoms. The Morgan fingerprint density at radius 3 is 2.20 bits per heavy atom. The molecule has 3 heteroatoms. The Morgan fingerprint density at radius 2 is 1.73 bits per heavy atom. The van der Waals surface area contributed by atoms with E-state index in [4.69, 9.17) is 9.47 Å². The highest BCUT2D eigenvalue weighted by Gasteiger charge is 2.07. The van der Waals surface area contributed by atoms with Crippen molar-refractivity contribution in [3.05, 3.63) is 35.4 Å². The number of likely N-dealkylation sites (N-methyl/N-ethyl adjacent to an activating group) is 1. The second kappa shape index (κ2) is 6.56. The summed E-state index contributed by atoms with van der Waals surface area (Å²) < 4.78 is 10.3. The second-order valence-electron chi connectivity index (χ2n) is 3.40. The van der Waals surface area contributed by atoms with Crippen LogP contribution in [-0.4, -0.2) is 27.8 Å². The summed E-state index contributed by atoms with van der Waals surface area (Å²) in [6.45, 7) is 0.997. The lowest BCUT2D eigenvalue weighted by Crippen LogP contribution is -2.10. The summed E-state index contributed by atoms with van der Waals surface area (Å²) in [5.74, 6) is 0. The highest BCUT2D eigenvalue weighted by molar-refractivity contribution is 5.23. The van der Waals surface area contributed by atoms with Gasteiger partial charge >= 0.3 is 0 Å². The molecule has 84 valence electrons. The van der Waals surface area contributed by atoms with Gasteiger partial charge in [0, 0.05) is 19.8 Å². The lowest BCUT2D eigenvalue weighted by Gasteiger charge is -2.13. The Balaban J connectivity index is 2.62. The monoisotopic (exact) mass is 209 g/mol. The van der Waals surface area contributed by atoms with Crippen molar-refractivity contribution in [2.75, 3.05) is 27.8 Å². The number of hydrogen-bond acceptors (Lipinski definition) is 3. The van der Waals surface area contributed by atoms with E-state index in [-0.39, 0.29) is 6.29 Å². The second-order valence-corrected chi connectivity index (χ2v) is 3.40. The van der Waals surface area contributed by atoms with E-state index >= 15 is 0 Å². The molecule has 15 heavy (non-hydrogen) atoms. The first kappa shape index (κ1) is 12.2. The quantitative estimate of drug-likeness (QED) is 0.724. The average Bonchev–Trinajstić information content (AvgIpc) is 2.29. The predicted octanol–water partition coefficient (Wildman–Crippen LogP) is 1.74. The zero-order chi connectivity index (χ0) is 11.1. The third-order valence-electron chi connectivity index (χ3n) is 2.34. The highest BCUT2D eigenvalue weighted by atomic mass is 16.7. The van der Waals surface area contributed by atoms with Crippen LogP contribution >= 0.6 is 0 Å². The normalized spacial score (nSPS) is 10.9. The maximum Gasteiger partial charge on any atom is 0.183 e. The molecule has 0 spiro atoms. The van der Waals surface area contributed by atoms with E-state index in [0.717, 1.165) is 18.5 Å². The summed E-state index contributed by atoms with van der Waals surface area (Å²) in [5.41, 5.74) is 2.37. The number of benzene rings is 1. The summed E-state index contributed by atoms with van der Waals surface area (Å²) in [6, 6.07) is 8.31. The van der Waals surface area contributed by atoms with Crippen LogP contribution in [0.2, 0.25) is 0 Å². The fraction of sp³-hybridized carbons (Fsp3) is 0.500. The SMILES string of the molecule is CNCCc1ccc(C(OC)OC)cc1. The van der Waals surface area contributed by atoms with Crippen molar-refractivity contribution in [1.29, 1.82) is 0 Å². The van der Waals surface area contributed by atoms with Crippen molar-refractivity contribution < 1.29 is 9.47 Å². The minimum atomic E-state index is -0.261. The first-order chi connectivity index (χ1) is 7.31. The van der Waals surface area contributed by atoms with E-state index in [0.29, 0.717) is 0 Å². The number of methoxy groups -OCH3 is 2. The van der Waals surface area contributed by atoms with E-state index in [1.165, 1.54) is 5.56 Å². The topological polar surface area (TPSA) is 30.5 Å². The van der Waals surface area contributed by atoms with E-state index < -0.39 is 0 Å². The number of hydrogen-bond donors (Lipinski definition) is 1. The van der Waals surface area contributed by atoms with Crippen LogP contribution in [0.5, 0.6) is 0 Å². The van der Waals surface area contributed by atoms with Crippen LogP contribution in [0.3, 0.4) is 0 Å². The Morgan fingerprint density at radius 1 is 1.13 bits per heavy atom. The molecular weight excluding hydrogens is 190 g/mol. The molecule has 0 heterocycles. The smallest absolute Gasteiger partial charge is 0.183 e. The van der Waals surface area contributed by atoms with Gasteiger partial charge in [0.05, 0.1) is 0 Å². The molecule has 0 unspecified atom stereocenters. The van der Waals surface area contributed by atoms with Crippen molar-refractivity contribution in [2.45, 2.75) is 12.7 Å². The van der Waals surface area contributed by atoms with Gasteiger partial charge in [0.2, 0.25) is 0 Å². The molecule has 1 N–H and O–H groups in total. The predicted molar refractivity (Wildman–Crippen MR) is 60.8 cm³/mol. The molecule has 0 amide bonds. The minimum absolute atomic E-state index is 0.261. The summed E-state index contributed by atoms with van der Waals surface area (Å²) in [7, 11) is 5.24. The van der Waals surface area contributed by atoms with Crippen molar-refractivity contribution in [3.8, 4) is 0 Å². The fourth-order valence-electron chi connectivity index (χ4n) is 1.48. The van der Waals surface area contributed by atoms with Crippen molar-refractivity contribution >= 4 is 0 Å². The summed E-state index contributed by atoms with van der Waals surface area (Å²) in [4.78, 5) is 0. The summed E-state index contributed by atoms with van der Waals surface area (Å²) in [5, 5.41) is 3.13. The molecule has 0 saturated heterocycles. The lowest BCUT2D eigenvalue weighted by molar-refractivity contribution is -0.106. The van der Waals surface area contributed by atoms with Gasteiger partial charge in [-0.05, 0) is 25.6 Å². The van der Waals surface area contributed by atoms with Gasteiger partial charge in [0.15, 0.2) is 6.29 Å². The fourth-order valence-corrected chi connectivity index (χ4v) is 1.48. The Bertz CT molecular complexity index is 267. The highest BCUT2D eigenvalue weighted by Crippen LogP contribution is 2.17. The van der Waals surface area contributed by atoms with E-state index in [9.17, 15) is 0 Å². The Hall–Kier alpha value is -0.900. The molecule has 1 rings (SSSR count). The van der Waals surface area contributed by atoms with Gasteiger partial charge in [-0.15, -0.1) is 0 Å². The van der Waals surface area contributed by atoms with Crippen LogP contribution in [0.15, 0.2) is 24.3 Å². The van der Waals surface area contributed by atoms with Gasteiger partial charge in [-0.3, -0.25) is 0 Å². The molecule has 0 saturated carbocycles. The van der Waals surface area contributed by atoms with Gasteiger partial charge < -0.3 is 14.8 Å². The molecule has 0 aliphatic heterocycles. The van der Waals surface area contributed by atoms with Crippen LogP contribution in [0.1, 0.15) is 17.4 Å². The molecule has 3 nitrogen and oxygen atoms in total. The maximum absolute atomic E-state index is 5.17. The van der Waals surface area contributed by atoms with Crippen molar-refractivity contribution in [3.63, 3.8) is 0 Å². The minimum Gasteiger partial charge on any atom is -0.352 e. The van der Waals surface area contributed by atoms with Crippen molar-refractivity contribution in [2.24, 2.45) is 0 Å². The molecule has 1 aromatic rings. The Kier molecular flexibility index (Phi) is 5.32. The molecule has 0 atom stereocenters. The standard InChI is InChI=1S/C12H19NO2/c1-13-9-8-10-4-6-11(7-5-10)12(14-2)15-3/h4-7,12-13H,8-9H2,1-3H3. The van der Waals surface area contributed by atoms with Crippen LogP contribution in [0, 0.1) is 0 Å². The third kappa shape index (κ3) is 3.63. The van der Waals surface area contributed by atoms with Gasteiger partial charge in [0.1, 0.15) is 0 Å². The molecule has 1 aromatic carbocycles. The number of ether oxygens (including phenoxy) is 2. The zero-order valence-electron chi connectivity index (χ0n) is 9.62. The van der Waals surface area contributed by atoms with Crippen LogP contribution in [0.25, 0.3) is 0 Å². The molecule has 0 aliphatic rings. The van der Waals surface area contributed by atoms with Gasteiger partial charge in [-0.2, -0.15) is 0 Å². The summed E-state index contributed by atoms with van der Waals surface area (Å²) >= 11 is 0. The van der Waals surface area contributed by atoms with E-state index in [2.05, 4.69) is 17.4 Å². The number of rotatable bonds is 6. The molecule has 0 fully saturated rings. The average molecular weight is 209 g/mol. The van der Waals surface area contributed by atoms with Crippen LogP contribution in [0.4, 0.5) is 0 Å². The van der Waals surface area contributed by atoms with Crippen molar-refractivity contribution in [1.82, 2.24) is 5.32 Å². The first-order valence-corrected chi connectivity index (χ1v) is 5.11. The van der Waals surface area contributed by atoms with Gasteiger partial charge in [-0.25, -0.2) is 0 Å². The number of nitrogens with one attached hydrogen (secondary N) is 1. The zero-order valence-corrected chi connectivity index (χ0v) is 9.62. The van der Waals surface area contributed by atoms with Gasteiger partial charge in [-0.1, -0.05) is 24.3 Å². The Labute approximate surface area is 91.4 Å². The summed E-state index contributed by atoms with van der Waals surface area (Å²) in [6.07, 6.45) is 0.782. The van der Waals surface area contributed by atoms with Crippen LogP contribution < -0.4 is 5.32 Å². The van der Waals surface area contributed by atoms with E-state index in [1.807, 2.05) is 19.2 Å². The van der Waals surface area contributed by atoms with E-state index in [1.54, 1.807) is 14.2 Å². The lowest BCUT2D eigenvalue weighted by atomic mass is 10.1. The first-order valence-electron chi connectivity index (χ1n) is 5.11. The van der Waals surface area contributed by atoms with Crippen LogP contribution in [-0.2, 0) is 15.9 Å². The van der Waals surface area contributed by atoms with Gasteiger partial charge in [0.25, 0.3) is 0 Å². The molecule has 0 radical (unpaired) electrons. The molecule has 0 aromatic heterocycles. The maximum atomic E-state index is 5.17. The molecule has 0 aliphatic carbocycles. The molecular formula is C12H19NO2. The largest absolute Gasteiger partial charge is 0.352 e. The third-order valence-corrected chi connectivity index (χ3v) is 2.34.